The molecule has 0 aromatic rings. The molecule has 0 bridgehead atoms. The highest BCUT2D eigenvalue weighted by molar-refractivity contribution is 7.59. The summed E-state index contributed by atoms with van der Waals surface area (Å²) in [5.41, 5.74) is 2.38. The van der Waals surface area contributed by atoms with Gasteiger partial charge in [0, 0.05) is 5.66 Å². The van der Waals surface area contributed by atoms with Crippen molar-refractivity contribution in [2.75, 3.05) is 19.1 Å². The van der Waals surface area contributed by atoms with Crippen LogP contribution < -0.4 is 0 Å². The van der Waals surface area contributed by atoms with Crippen molar-refractivity contribution in [1.29, 1.82) is 0 Å². The summed E-state index contributed by atoms with van der Waals surface area (Å²) in [4.78, 5) is 0. The third-order valence-corrected chi connectivity index (χ3v) is 2.64. The minimum Gasteiger partial charge on any atom is -0.300 e. The molecule has 0 saturated carbocycles. The smallest absolute Gasteiger partial charge is 0.300 e. The average molecular weight is 211 g/mol. The van der Waals surface area contributed by atoms with Gasteiger partial charge in [0.25, 0.3) is 0 Å². The molecule has 0 aromatic carbocycles. The zero-order valence-electron chi connectivity index (χ0n) is 7.17. The molecule has 0 N–H and O–H groups in total. The number of rotatable bonds is 4. The fraction of sp³-hybridized carbons (Fsp3) is 0.714. The summed E-state index contributed by atoms with van der Waals surface area (Å²) in [6.07, 6.45) is 0. The van der Waals surface area contributed by atoms with E-state index in [1.54, 1.807) is 13.8 Å². The zero-order chi connectivity index (χ0) is 9.45. The lowest BCUT2D eigenvalue weighted by atomic mass is 10.8. The van der Waals surface area contributed by atoms with Gasteiger partial charge < -0.3 is 0 Å². The summed E-state index contributed by atoms with van der Waals surface area (Å²) in [6.45, 7) is 4.09. The van der Waals surface area contributed by atoms with Gasteiger partial charge >= 0.3 is 7.60 Å². The van der Waals surface area contributed by atoms with Gasteiger partial charge in [-0.2, -0.15) is 0 Å². The standard InChI is InChI=1S/C7H12ClO3P/c1-3-10-12(9,11-4-2)7-5-6-8/h3-4,6H2,1-2H3. The van der Waals surface area contributed by atoms with Crippen molar-refractivity contribution in [2.24, 2.45) is 0 Å². The lowest BCUT2D eigenvalue weighted by Crippen LogP contribution is -1.92. The Morgan fingerprint density at radius 2 is 1.83 bits per heavy atom. The molecule has 0 radical (unpaired) electrons. The van der Waals surface area contributed by atoms with Crippen molar-refractivity contribution in [3.63, 3.8) is 0 Å². The molecule has 0 saturated heterocycles. The van der Waals surface area contributed by atoms with Gasteiger partial charge in [0.15, 0.2) is 0 Å². The van der Waals surface area contributed by atoms with Crippen molar-refractivity contribution in [2.45, 2.75) is 13.8 Å². The topological polar surface area (TPSA) is 35.5 Å². The van der Waals surface area contributed by atoms with E-state index in [9.17, 15) is 4.57 Å². The minimum atomic E-state index is -3.18. The maximum atomic E-state index is 11.5. The highest BCUT2D eigenvalue weighted by atomic mass is 35.5. The first kappa shape index (κ1) is 12.0. The Morgan fingerprint density at radius 3 is 2.17 bits per heavy atom. The first-order valence-corrected chi connectivity index (χ1v) is 5.71. The van der Waals surface area contributed by atoms with Crippen LogP contribution in [-0.4, -0.2) is 19.1 Å². The van der Waals surface area contributed by atoms with Crippen molar-refractivity contribution in [3.05, 3.63) is 0 Å². The number of alkyl halides is 1. The van der Waals surface area contributed by atoms with Crippen LogP contribution in [0, 0.1) is 11.6 Å². The molecule has 0 aliphatic rings. The van der Waals surface area contributed by atoms with E-state index in [2.05, 4.69) is 11.6 Å². The first-order valence-electron chi connectivity index (χ1n) is 3.63. The summed E-state index contributed by atoms with van der Waals surface area (Å²) in [5, 5.41) is 0. The quantitative estimate of drug-likeness (QED) is 0.406. The molecular weight excluding hydrogens is 199 g/mol. The van der Waals surface area contributed by atoms with Crippen LogP contribution in [0.2, 0.25) is 0 Å². The first-order chi connectivity index (χ1) is 5.68. The van der Waals surface area contributed by atoms with E-state index in [1.165, 1.54) is 0 Å². The Balaban J connectivity index is 4.28. The Bertz CT molecular complexity index is 208. The van der Waals surface area contributed by atoms with Crippen LogP contribution in [-0.2, 0) is 13.6 Å². The highest BCUT2D eigenvalue weighted by Crippen LogP contribution is 2.46. The van der Waals surface area contributed by atoms with E-state index >= 15 is 0 Å². The lowest BCUT2D eigenvalue weighted by molar-refractivity contribution is 0.230. The van der Waals surface area contributed by atoms with E-state index in [-0.39, 0.29) is 5.88 Å². The molecule has 70 valence electrons. The minimum absolute atomic E-state index is 0.129. The lowest BCUT2D eigenvalue weighted by Gasteiger charge is -2.09. The van der Waals surface area contributed by atoms with Gasteiger partial charge in [0.1, 0.15) is 0 Å². The molecular formula is C7H12ClO3P. The van der Waals surface area contributed by atoms with Crippen LogP contribution in [0.4, 0.5) is 0 Å². The highest BCUT2D eigenvalue weighted by Gasteiger charge is 2.19. The van der Waals surface area contributed by atoms with Gasteiger partial charge in [-0.3, -0.25) is 9.05 Å². The summed E-state index contributed by atoms with van der Waals surface area (Å²) < 4.78 is 21.2. The number of halogens is 1. The van der Waals surface area contributed by atoms with Crippen molar-refractivity contribution in [1.82, 2.24) is 0 Å². The molecule has 0 unspecified atom stereocenters. The predicted molar refractivity (Wildman–Crippen MR) is 49.4 cm³/mol. The fourth-order valence-electron chi connectivity index (χ4n) is 0.568. The largest absolute Gasteiger partial charge is 0.405 e. The van der Waals surface area contributed by atoms with Crippen LogP contribution >= 0.6 is 19.2 Å². The molecule has 0 aliphatic carbocycles. The second kappa shape index (κ2) is 6.51. The summed E-state index contributed by atoms with van der Waals surface area (Å²) in [5.74, 6) is 2.59. The van der Waals surface area contributed by atoms with E-state index in [0.717, 1.165) is 0 Å². The van der Waals surface area contributed by atoms with Crippen LogP contribution in [0.1, 0.15) is 13.8 Å². The maximum absolute atomic E-state index is 11.5. The summed E-state index contributed by atoms with van der Waals surface area (Å²) in [7, 11) is -3.18. The van der Waals surface area contributed by atoms with Gasteiger partial charge in [-0.25, -0.2) is 4.57 Å². The van der Waals surface area contributed by atoms with Gasteiger partial charge in [0.2, 0.25) is 0 Å². The molecule has 0 rings (SSSR count). The van der Waals surface area contributed by atoms with E-state index in [1.807, 2.05) is 0 Å². The normalized spacial score (nSPS) is 10.6. The number of hydrogen-bond acceptors (Lipinski definition) is 3. The average Bonchev–Trinajstić information content (AvgIpc) is 2.02. The van der Waals surface area contributed by atoms with E-state index in [4.69, 9.17) is 20.6 Å². The molecule has 0 spiro atoms. The third kappa shape index (κ3) is 4.79. The van der Waals surface area contributed by atoms with Crippen LogP contribution in [0.15, 0.2) is 0 Å². The van der Waals surface area contributed by atoms with Gasteiger partial charge in [-0.05, 0) is 13.8 Å². The number of hydrogen-bond donors (Lipinski definition) is 0. The van der Waals surface area contributed by atoms with Gasteiger partial charge in [-0.1, -0.05) is 5.92 Å². The van der Waals surface area contributed by atoms with Crippen LogP contribution in [0.3, 0.4) is 0 Å². The third-order valence-electron chi connectivity index (χ3n) is 0.881. The second-order valence-corrected chi connectivity index (χ2v) is 3.76. The predicted octanol–water partition coefficient (Wildman–Crippen LogP) is 2.45. The van der Waals surface area contributed by atoms with Crippen molar-refractivity contribution < 1.29 is 13.6 Å². The zero-order valence-corrected chi connectivity index (χ0v) is 8.82. The molecule has 0 aliphatic heterocycles. The molecule has 0 amide bonds. The second-order valence-electron chi connectivity index (χ2n) is 1.76. The SMILES string of the molecule is CCOP(=O)(C#CCCl)OCC. The summed E-state index contributed by atoms with van der Waals surface area (Å²) in [6, 6.07) is 0. The molecule has 0 aromatic heterocycles. The monoisotopic (exact) mass is 210 g/mol. The molecule has 5 heteroatoms. The molecule has 3 nitrogen and oxygen atoms in total. The molecule has 0 fully saturated rings. The van der Waals surface area contributed by atoms with Crippen LogP contribution in [0.5, 0.6) is 0 Å². The van der Waals surface area contributed by atoms with Crippen LogP contribution in [0.25, 0.3) is 0 Å². The van der Waals surface area contributed by atoms with E-state index in [0.29, 0.717) is 13.2 Å². The maximum Gasteiger partial charge on any atom is 0.405 e. The molecule has 12 heavy (non-hydrogen) atoms. The Morgan fingerprint density at radius 1 is 1.33 bits per heavy atom. The molecule has 0 heterocycles. The Hall–Kier alpha value is -0.0000000000000000208. The Kier molecular flexibility index (Phi) is 6.51. The van der Waals surface area contributed by atoms with Crippen molar-refractivity contribution >= 4 is 19.2 Å². The van der Waals surface area contributed by atoms with Gasteiger partial charge in [-0.15, -0.1) is 11.6 Å². The molecule has 0 atom stereocenters. The van der Waals surface area contributed by atoms with Gasteiger partial charge in [0.05, 0.1) is 19.1 Å². The summed E-state index contributed by atoms with van der Waals surface area (Å²) >= 11 is 5.30. The van der Waals surface area contributed by atoms with E-state index < -0.39 is 7.60 Å². The Labute approximate surface area is 77.9 Å². The fourth-order valence-corrected chi connectivity index (χ4v) is 1.88. The van der Waals surface area contributed by atoms with Crippen molar-refractivity contribution in [3.8, 4) is 11.6 Å².